The first kappa shape index (κ1) is 16.2. The third-order valence-corrected chi connectivity index (χ3v) is 6.48. The quantitative estimate of drug-likeness (QED) is 0.717. The number of oxazole rings is 1. The van der Waals surface area contributed by atoms with Crippen LogP contribution in [0.1, 0.15) is 24.7 Å². The lowest BCUT2D eigenvalue weighted by molar-refractivity contribution is 0.293. The summed E-state index contributed by atoms with van der Waals surface area (Å²) in [5.41, 5.74) is 1.57. The van der Waals surface area contributed by atoms with Crippen molar-refractivity contribution in [2.24, 2.45) is 0 Å². The van der Waals surface area contributed by atoms with E-state index in [1.807, 2.05) is 24.3 Å². The van der Waals surface area contributed by atoms with Gasteiger partial charge in [-0.2, -0.15) is 4.31 Å². The molecule has 25 heavy (non-hydrogen) atoms. The van der Waals surface area contributed by atoms with Crippen LogP contribution in [0.15, 0.2) is 57.8 Å². The maximum absolute atomic E-state index is 13.0. The molecule has 0 bridgehead atoms. The topological polar surface area (TPSA) is 63.4 Å². The minimum Gasteiger partial charge on any atom is -0.440 e. The molecule has 130 valence electrons. The van der Waals surface area contributed by atoms with Gasteiger partial charge in [0.15, 0.2) is 11.5 Å². The summed E-state index contributed by atoms with van der Waals surface area (Å²) in [6, 6.07) is 12.5. The largest absolute Gasteiger partial charge is 0.440 e. The smallest absolute Gasteiger partial charge is 0.243 e. The Hall–Kier alpha value is -2.25. The van der Waals surface area contributed by atoms with Gasteiger partial charge in [0.1, 0.15) is 11.3 Å². The summed E-state index contributed by atoms with van der Waals surface area (Å²) in [6.07, 6.45) is 1.29. The van der Waals surface area contributed by atoms with Crippen LogP contribution in [0.5, 0.6) is 0 Å². The number of hydrogen-bond acceptors (Lipinski definition) is 4. The van der Waals surface area contributed by atoms with Crippen LogP contribution in [0.25, 0.3) is 11.1 Å². The van der Waals surface area contributed by atoms with Gasteiger partial charge in [0.25, 0.3) is 0 Å². The fourth-order valence-electron chi connectivity index (χ4n) is 3.16. The summed E-state index contributed by atoms with van der Waals surface area (Å²) in [5.74, 6) is 0.320. The van der Waals surface area contributed by atoms with Crippen molar-refractivity contribution in [3.05, 3.63) is 60.2 Å². The first-order valence-electron chi connectivity index (χ1n) is 8.15. The lowest BCUT2D eigenvalue weighted by Gasteiger charge is -2.29. The number of halogens is 1. The molecule has 7 heteroatoms. The average Bonchev–Trinajstić information content (AvgIpc) is 3.06. The van der Waals surface area contributed by atoms with Crippen molar-refractivity contribution in [3.8, 4) is 0 Å². The molecule has 1 aliphatic rings. The number of fused-ring (bicyclic) bond motifs is 1. The van der Waals surface area contributed by atoms with E-state index < -0.39 is 15.8 Å². The second-order valence-corrected chi connectivity index (χ2v) is 8.09. The van der Waals surface area contributed by atoms with Crippen molar-refractivity contribution in [1.29, 1.82) is 0 Å². The van der Waals surface area contributed by atoms with E-state index >= 15 is 0 Å². The molecule has 1 aliphatic heterocycles. The molecule has 0 amide bonds. The van der Waals surface area contributed by atoms with E-state index in [9.17, 15) is 12.8 Å². The van der Waals surface area contributed by atoms with Gasteiger partial charge >= 0.3 is 0 Å². The Kier molecular flexibility index (Phi) is 4.05. The first-order valence-corrected chi connectivity index (χ1v) is 9.59. The van der Waals surface area contributed by atoms with Gasteiger partial charge in [0.2, 0.25) is 10.0 Å². The minimum absolute atomic E-state index is 0.104. The van der Waals surface area contributed by atoms with Crippen LogP contribution in [-0.2, 0) is 10.0 Å². The van der Waals surface area contributed by atoms with E-state index in [4.69, 9.17) is 4.42 Å². The molecule has 0 N–H and O–H groups in total. The van der Waals surface area contributed by atoms with E-state index in [1.165, 1.54) is 16.4 Å². The molecule has 2 heterocycles. The summed E-state index contributed by atoms with van der Waals surface area (Å²) in [7, 11) is -3.59. The molecule has 0 saturated carbocycles. The molecule has 0 radical (unpaired) electrons. The number of aromatic nitrogens is 1. The highest BCUT2D eigenvalue weighted by molar-refractivity contribution is 7.89. The van der Waals surface area contributed by atoms with E-state index in [0.29, 0.717) is 31.8 Å². The normalized spacial score (nSPS) is 17.2. The molecule has 1 aromatic heterocycles. The van der Waals surface area contributed by atoms with Gasteiger partial charge in [-0.15, -0.1) is 0 Å². The monoisotopic (exact) mass is 360 g/mol. The first-order chi connectivity index (χ1) is 12.0. The predicted octanol–water partition coefficient (Wildman–Crippen LogP) is 3.54. The second-order valence-electron chi connectivity index (χ2n) is 6.15. The Morgan fingerprint density at radius 1 is 1.04 bits per heavy atom. The molecule has 1 fully saturated rings. The van der Waals surface area contributed by atoms with Crippen molar-refractivity contribution >= 4 is 21.1 Å². The summed E-state index contributed by atoms with van der Waals surface area (Å²) in [4.78, 5) is 4.63. The molecule has 3 aromatic rings. The van der Waals surface area contributed by atoms with E-state index in [2.05, 4.69) is 4.98 Å². The number of piperidine rings is 1. The summed E-state index contributed by atoms with van der Waals surface area (Å²) in [5, 5.41) is 0. The van der Waals surface area contributed by atoms with Crippen molar-refractivity contribution in [3.63, 3.8) is 0 Å². The molecule has 0 unspecified atom stereocenters. The lowest BCUT2D eigenvalue weighted by Crippen LogP contribution is -2.37. The predicted molar refractivity (Wildman–Crippen MR) is 91.1 cm³/mol. The van der Waals surface area contributed by atoms with Crippen LogP contribution in [0.2, 0.25) is 0 Å². The second kappa shape index (κ2) is 6.24. The van der Waals surface area contributed by atoms with Gasteiger partial charge in [-0.05, 0) is 49.2 Å². The average molecular weight is 360 g/mol. The zero-order chi connectivity index (χ0) is 17.4. The van der Waals surface area contributed by atoms with Gasteiger partial charge in [-0.1, -0.05) is 12.1 Å². The van der Waals surface area contributed by atoms with Crippen LogP contribution in [0.3, 0.4) is 0 Å². The summed E-state index contributed by atoms with van der Waals surface area (Å²) >= 11 is 0. The number of benzene rings is 2. The third-order valence-electron chi connectivity index (χ3n) is 4.57. The SMILES string of the molecule is O=S(=O)(c1ccc(F)cc1)N1CCC(c2nc3ccccc3o2)CC1. The van der Waals surface area contributed by atoms with Crippen molar-refractivity contribution in [1.82, 2.24) is 9.29 Å². The minimum atomic E-state index is -3.59. The van der Waals surface area contributed by atoms with E-state index in [0.717, 1.165) is 23.2 Å². The Labute approximate surface area is 145 Å². The van der Waals surface area contributed by atoms with E-state index in [1.54, 1.807) is 0 Å². The van der Waals surface area contributed by atoms with Gasteiger partial charge in [0, 0.05) is 19.0 Å². The fourth-order valence-corrected chi connectivity index (χ4v) is 4.63. The van der Waals surface area contributed by atoms with E-state index in [-0.39, 0.29) is 10.8 Å². The molecule has 0 atom stereocenters. The zero-order valence-electron chi connectivity index (χ0n) is 13.4. The van der Waals surface area contributed by atoms with Gasteiger partial charge in [0.05, 0.1) is 4.90 Å². The molecule has 4 rings (SSSR count). The summed E-state index contributed by atoms with van der Waals surface area (Å²) in [6.45, 7) is 0.784. The zero-order valence-corrected chi connectivity index (χ0v) is 14.2. The summed E-state index contributed by atoms with van der Waals surface area (Å²) < 4.78 is 45.6. The molecule has 1 saturated heterocycles. The molecule has 5 nitrogen and oxygen atoms in total. The molecule has 0 spiro atoms. The number of hydrogen-bond donors (Lipinski definition) is 0. The Bertz CT molecular complexity index is 958. The van der Waals surface area contributed by atoms with Gasteiger partial charge in [-0.3, -0.25) is 0 Å². The standard InChI is InChI=1S/C18H17FN2O3S/c19-14-5-7-15(8-6-14)25(22,23)21-11-9-13(10-12-21)18-20-16-3-1-2-4-17(16)24-18/h1-8,13H,9-12H2. The lowest BCUT2D eigenvalue weighted by atomic mass is 9.98. The number of sulfonamides is 1. The maximum atomic E-state index is 13.0. The van der Waals surface area contributed by atoms with Crippen LogP contribution in [-0.4, -0.2) is 30.8 Å². The van der Waals surface area contributed by atoms with Crippen molar-refractivity contribution < 1.29 is 17.2 Å². The Morgan fingerprint density at radius 3 is 2.40 bits per heavy atom. The molecular formula is C18H17FN2O3S. The number of rotatable bonds is 3. The maximum Gasteiger partial charge on any atom is 0.243 e. The van der Waals surface area contributed by atoms with Crippen LogP contribution < -0.4 is 0 Å². The van der Waals surface area contributed by atoms with Gasteiger partial charge in [-0.25, -0.2) is 17.8 Å². The molecule has 0 aliphatic carbocycles. The van der Waals surface area contributed by atoms with Crippen LogP contribution >= 0.6 is 0 Å². The van der Waals surface area contributed by atoms with Crippen molar-refractivity contribution in [2.75, 3.05) is 13.1 Å². The Balaban J connectivity index is 1.50. The molecular weight excluding hydrogens is 343 g/mol. The van der Waals surface area contributed by atoms with Gasteiger partial charge < -0.3 is 4.42 Å². The third kappa shape index (κ3) is 3.05. The molecule has 2 aromatic carbocycles. The van der Waals surface area contributed by atoms with Crippen LogP contribution in [0, 0.1) is 5.82 Å². The Morgan fingerprint density at radius 2 is 1.72 bits per heavy atom. The number of nitrogens with zero attached hydrogens (tertiary/aromatic N) is 2. The highest BCUT2D eigenvalue weighted by Crippen LogP contribution is 2.32. The number of para-hydroxylation sites is 2. The highest BCUT2D eigenvalue weighted by Gasteiger charge is 2.31. The fraction of sp³-hybridized carbons (Fsp3) is 0.278. The van der Waals surface area contributed by atoms with Crippen molar-refractivity contribution in [2.45, 2.75) is 23.7 Å². The highest BCUT2D eigenvalue weighted by atomic mass is 32.2. The van der Waals surface area contributed by atoms with Crippen LogP contribution in [0.4, 0.5) is 4.39 Å².